The van der Waals surface area contributed by atoms with Gasteiger partial charge in [-0.25, -0.2) is 0 Å². The number of aliphatic hydroxyl groups excluding tert-OH is 2. The molecule has 0 aliphatic heterocycles. The summed E-state index contributed by atoms with van der Waals surface area (Å²) in [7, 11) is 0. The molecule has 3 nitrogen and oxygen atoms in total. The molecule has 0 aliphatic carbocycles. The van der Waals surface area contributed by atoms with E-state index in [0.717, 1.165) is 19.4 Å². The van der Waals surface area contributed by atoms with Gasteiger partial charge in [-0.1, -0.05) is 30.3 Å². The maximum absolute atomic E-state index is 9.46. The number of hydrogen-bond donors (Lipinski definition) is 2. The summed E-state index contributed by atoms with van der Waals surface area (Å²) in [6, 6.07) is 10.3. The third-order valence-corrected chi connectivity index (χ3v) is 2.67. The summed E-state index contributed by atoms with van der Waals surface area (Å²) in [6.07, 6.45) is 1.52. The molecule has 16 heavy (non-hydrogen) atoms. The molecule has 2 N–H and O–H groups in total. The van der Waals surface area contributed by atoms with Crippen LogP contribution in [0.2, 0.25) is 0 Å². The Kier molecular flexibility index (Phi) is 6.08. The van der Waals surface area contributed by atoms with Gasteiger partial charge in [0.2, 0.25) is 0 Å². The van der Waals surface area contributed by atoms with Crippen LogP contribution in [0.5, 0.6) is 0 Å². The zero-order valence-electron chi connectivity index (χ0n) is 9.84. The minimum Gasteiger partial charge on any atom is -0.395 e. The van der Waals surface area contributed by atoms with E-state index in [1.807, 2.05) is 23.1 Å². The van der Waals surface area contributed by atoms with E-state index in [0.29, 0.717) is 6.54 Å². The van der Waals surface area contributed by atoms with Gasteiger partial charge >= 0.3 is 0 Å². The predicted molar refractivity (Wildman–Crippen MR) is 65.1 cm³/mol. The molecule has 1 atom stereocenters. The fourth-order valence-corrected chi connectivity index (χ4v) is 1.74. The summed E-state index contributed by atoms with van der Waals surface area (Å²) in [4.78, 5) is 1.88. The number of benzene rings is 1. The molecule has 0 spiro atoms. The van der Waals surface area contributed by atoms with Gasteiger partial charge < -0.3 is 10.2 Å². The van der Waals surface area contributed by atoms with Crippen molar-refractivity contribution in [3.05, 3.63) is 35.9 Å². The molecule has 0 saturated heterocycles. The van der Waals surface area contributed by atoms with E-state index < -0.39 is 6.23 Å². The lowest BCUT2D eigenvalue weighted by Gasteiger charge is -2.24. The monoisotopic (exact) mass is 223 g/mol. The third kappa shape index (κ3) is 4.75. The van der Waals surface area contributed by atoms with Crippen molar-refractivity contribution in [2.45, 2.75) is 26.0 Å². The maximum Gasteiger partial charge on any atom is 0.104 e. The van der Waals surface area contributed by atoms with Gasteiger partial charge in [-0.2, -0.15) is 0 Å². The summed E-state index contributed by atoms with van der Waals surface area (Å²) < 4.78 is 0. The average Bonchev–Trinajstić information content (AvgIpc) is 2.29. The Balaban J connectivity index is 2.28. The molecule has 0 fully saturated rings. The largest absolute Gasteiger partial charge is 0.395 e. The first-order valence-corrected chi connectivity index (χ1v) is 5.81. The number of aliphatic hydroxyl groups is 2. The van der Waals surface area contributed by atoms with Gasteiger partial charge in [0.15, 0.2) is 0 Å². The van der Waals surface area contributed by atoms with E-state index in [1.165, 1.54) is 5.56 Å². The first-order chi connectivity index (χ1) is 7.74. The molecule has 3 heteroatoms. The van der Waals surface area contributed by atoms with Crippen LogP contribution in [0.1, 0.15) is 18.9 Å². The molecule has 0 bridgehead atoms. The summed E-state index contributed by atoms with van der Waals surface area (Å²) in [6.45, 7) is 3.17. The molecule has 0 radical (unpaired) electrons. The van der Waals surface area contributed by atoms with Crippen LogP contribution in [0.4, 0.5) is 0 Å². The van der Waals surface area contributed by atoms with Crippen LogP contribution in [0.25, 0.3) is 0 Å². The summed E-state index contributed by atoms with van der Waals surface area (Å²) >= 11 is 0. The van der Waals surface area contributed by atoms with Crippen LogP contribution >= 0.6 is 0 Å². The van der Waals surface area contributed by atoms with Crippen molar-refractivity contribution in [1.29, 1.82) is 0 Å². The Labute approximate surface area is 97.3 Å². The van der Waals surface area contributed by atoms with Gasteiger partial charge in [0.25, 0.3) is 0 Å². The quantitative estimate of drug-likeness (QED) is 0.684. The zero-order chi connectivity index (χ0) is 11.8. The van der Waals surface area contributed by atoms with Crippen molar-refractivity contribution < 1.29 is 10.2 Å². The highest BCUT2D eigenvalue weighted by atomic mass is 16.3. The second kappa shape index (κ2) is 7.39. The van der Waals surface area contributed by atoms with Crippen molar-refractivity contribution in [1.82, 2.24) is 4.90 Å². The molecule has 0 heterocycles. The van der Waals surface area contributed by atoms with Crippen molar-refractivity contribution in [3.63, 3.8) is 0 Å². The van der Waals surface area contributed by atoms with Gasteiger partial charge in [-0.05, 0) is 25.3 Å². The molecule has 0 amide bonds. The number of hydrogen-bond acceptors (Lipinski definition) is 3. The summed E-state index contributed by atoms with van der Waals surface area (Å²) in [5.41, 5.74) is 1.32. The van der Waals surface area contributed by atoms with Crippen molar-refractivity contribution in [3.8, 4) is 0 Å². The smallest absolute Gasteiger partial charge is 0.104 e. The van der Waals surface area contributed by atoms with Crippen LogP contribution in [-0.4, -0.2) is 41.0 Å². The molecular formula is C13H21NO2. The highest BCUT2D eigenvalue weighted by molar-refractivity contribution is 5.14. The average molecular weight is 223 g/mol. The fraction of sp³-hybridized carbons (Fsp3) is 0.538. The van der Waals surface area contributed by atoms with E-state index in [9.17, 15) is 5.11 Å². The van der Waals surface area contributed by atoms with Crippen LogP contribution < -0.4 is 0 Å². The van der Waals surface area contributed by atoms with Crippen LogP contribution in [0, 0.1) is 0 Å². The van der Waals surface area contributed by atoms with Crippen molar-refractivity contribution >= 4 is 0 Å². The number of nitrogens with zero attached hydrogens (tertiary/aromatic N) is 1. The van der Waals surface area contributed by atoms with E-state index in [1.54, 1.807) is 6.92 Å². The standard InChI is InChI=1S/C13H21NO2/c1-12(16)14(10-11-15)9-5-8-13-6-3-2-4-7-13/h2-4,6-7,12,15-16H,5,8-11H2,1H3. The van der Waals surface area contributed by atoms with Gasteiger partial charge in [0.1, 0.15) is 6.23 Å². The predicted octanol–water partition coefficient (Wildman–Crippen LogP) is 1.25. The fourth-order valence-electron chi connectivity index (χ4n) is 1.74. The molecular weight excluding hydrogens is 202 g/mol. The molecule has 0 aromatic heterocycles. The molecule has 1 aromatic carbocycles. The van der Waals surface area contributed by atoms with E-state index in [4.69, 9.17) is 5.11 Å². The molecule has 90 valence electrons. The first kappa shape index (κ1) is 13.2. The molecule has 0 saturated carbocycles. The Morgan fingerprint density at radius 3 is 2.44 bits per heavy atom. The van der Waals surface area contributed by atoms with Crippen molar-refractivity contribution in [2.75, 3.05) is 19.7 Å². The first-order valence-electron chi connectivity index (χ1n) is 5.81. The van der Waals surface area contributed by atoms with Crippen LogP contribution in [0.15, 0.2) is 30.3 Å². The van der Waals surface area contributed by atoms with Gasteiger partial charge in [0.05, 0.1) is 6.61 Å². The third-order valence-electron chi connectivity index (χ3n) is 2.67. The van der Waals surface area contributed by atoms with E-state index >= 15 is 0 Å². The lowest BCUT2D eigenvalue weighted by atomic mass is 10.1. The van der Waals surface area contributed by atoms with Crippen molar-refractivity contribution in [2.24, 2.45) is 0 Å². The number of aryl methyl sites for hydroxylation is 1. The van der Waals surface area contributed by atoms with Gasteiger partial charge in [-0.15, -0.1) is 0 Å². The Bertz CT molecular complexity index is 275. The highest BCUT2D eigenvalue weighted by Crippen LogP contribution is 2.04. The normalized spacial score (nSPS) is 13.0. The molecule has 0 aliphatic rings. The van der Waals surface area contributed by atoms with Gasteiger partial charge in [0, 0.05) is 13.1 Å². The minimum absolute atomic E-state index is 0.0935. The lowest BCUT2D eigenvalue weighted by molar-refractivity contribution is 0.00788. The molecule has 1 aromatic rings. The Hall–Kier alpha value is -0.900. The number of rotatable bonds is 7. The summed E-state index contributed by atoms with van der Waals surface area (Å²) in [5, 5.41) is 18.3. The minimum atomic E-state index is -0.483. The van der Waals surface area contributed by atoms with E-state index in [2.05, 4.69) is 12.1 Å². The van der Waals surface area contributed by atoms with E-state index in [-0.39, 0.29) is 6.61 Å². The second-order valence-corrected chi connectivity index (χ2v) is 3.98. The second-order valence-electron chi connectivity index (χ2n) is 3.98. The lowest BCUT2D eigenvalue weighted by Crippen LogP contribution is -2.36. The summed E-state index contributed by atoms with van der Waals surface area (Å²) in [5.74, 6) is 0. The SMILES string of the molecule is CC(O)N(CCO)CCCc1ccccc1. The molecule has 1 rings (SSSR count). The topological polar surface area (TPSA) is 43.7 Å². The van der Waals surface area contributed by atoms with Crippen LogP contribution in [0.3, 0.4) is 0 Å². The Morgan fingerprint density at radius 1 is 1.19 bits per heavy atom. The Morgan fingerprint density at radius 2 is 1.88 bits per heavy atom. The van der Waals surface area contributed by atoms with Gasteiger partial charge in [-0.3, -0.25) is 4.90 Å². The maximum atomic E-state index is 9.46. The zero-order valence-corrected chi connectivity index (χ0v) is 9.84. The molecule has 1 unspecified atom stereocenters. The highest BCUT2D eigenvalue weighted by Gasteiger charge is 2.09. The van der Waals surface area contributed by atoms with Crippen LogP contribution in [-0.2, 0) is 6.42 Å².